The summed E-state index contributed by atoms with van der Waals surface area (Å²) in [6.45, 7) is 1.90. The highest BCUT2D eigenvalue weighted by molar-refractivity contribution is 7.39. The summed E-state index contributed by atoms with van der Waals surface area (Å²) in [7, 11) is -2.58. The lowest BCUT2D eigenvalue weighted by molar-refractivity contribution is -0.137. The molecule has 3 aromatic rings. The van der Waals surface area contributed by atoms with Crippen molar-refractivity contribution in [2.45, 2.75) is 57.7 Å². The Balaban J connectivity index is 1.79. The Morgan fingerprint density at radius 2 is 1.94 bits per heavy atom. The van der Waals surface area contributed by atoms with E-state index in [4.69, 9.17) is 20.0 Å². The van der Waals surface area contributed by atoms with E-state index in [-0.39, 0.29) is 33.6 Å². The van der Waals surface area contributed by atoms with Crippen LogP contribution in [0.1, 0.15) is 61.5 Å². The van der Waals surface area contributed by atoms with Crippen molar-refractivity contribution in [1.82, 2.24) is 20.3 Å². The fraction of sp³-hybridized carbons (Fsp3) is 0.500. The summed E-state index contributed by atoms with van der Waals surface area (Å²) in [5.74, 6) is 0.187. The average Bonchev–Trinajstić information content (AvgIpc) is 3.46. The topological polar surface area (TPSA) is 140 Å². The van der Waals surface area contributed by atoms with Crippen LogP contribution in [0.4, 0.5) is 13.2 Å². The van der Waals surface area contributed by atoms with E-state index in [2.05, 4.69) is 31.8 Å². The van der Waals surface area contributed by atoms with E-state index in [0.29, 0.717) is 12.3 Å². The Kier molecular flexibility index (Phi) is 9.46. The highest BCUT2D eigenvalue weighted by Crippen LogP contribution is 2.39. The van der Waals surface area contributed by atoms with E-state index < -0.39 is 26.4 Å². The molecular weight excluding hydrogens is 494 g/mol. The number of halogens is 3. The molecule has 186 valence electrons. The van der Waals surface area contributed by atoms with E-state index in [1.165, 1.54) is 12.1 Å². The lowest BCUT2D eigenvalue weighted by atomic mass is 10.0. The molecule has 0 saturated carbocycles. The van der Waals surface area contributed by atoms with Gasteiger partial charge in [0.05, 0.1) is 18.2 Å². The summed E-state index contributed by atoms with van der Waals surface area (Å²) in [6, 6.07) is 2.90. The minimum Gasteiger partial charge on any atom is -0.339 e. The summed E-state index contributed by atoms with van der Waals surface area (Å²) in [5, 5.41) is 12.1. The Morgan fingerprint density at radius 3 is 2.65 bits per heavy atom. The van der Waals surface area contributed by atoms with E-state index in [1.54, 1.807) is 0 Å². The van der Waals surface area contributed by atoms with Crippen molar-refractivity contribution in [1.29, 1.82) is 0 Å². The van der Waals surface area contributed by atoms with Gasteiger partial charge >= 0.3 is 14.8 Å². The van der Waals surface area contributed by atoms with Gasteiger partial charge < -0.3 is 24.6 Å². The predicted molar refractivity (Wildman–Crippen MR) is 120 cm³/mol. The first kappa shape index (κ1) is 26.6. The Hall–Kier alpha value is -2.02. The van der Waals surface area contributed by atoms with E-state index in [0.717, 1.165) is 49.5 Å². The molecule has 1 atom stereocenters. The number of rotatable bonds is 12. The normalized spacial score (nSPS) is 13.1. The lowest BCUT2D eigenvalue weighted by Crippen LogP contribution is -2.15. The van der Waals surface area contributed by atoms with Crippen molar-refractivity contribution in [2.24, 2.45) is 5.73 Å². The molecular formula is C20H25F3N5O4PS. The van der Waals surface area contributed by atoms with Crippen LogP contribution in [0.5, 0.6) is 0 Å². The van der Waals surface area contributed by atoms with Gasteiger partial charge in [-0.2, -0.15) is 18.2 Å². The number of benzene rings is 1. The number of alkyl halides is 3. The standard InChI is InChI=1S/C20H25F3N5O4PS/c1-2-3-4-5-6-7-16-25-17(28-32-16)13-9-8-12(10-14(13)20(21,22)23)18-26-27-19(34-18)15(24)11-31-33(29)30/h8-10,15,29-30H,2-7,11,24H2,1H3. The van der Waals surface area contributed by atoms with Crippen LogP contribution in [0.2, 0.25) is 0 Å². The quantitative estimate of drug-likeness (QED) is 0.222. The predicted octanol–water partition coefficient (Wildman–Crippen LogP) is 5.01. The fourth-order valence-electron chi connectivity index (χ4n) is 3.17. The van der Waals surface area contributed by atoms with Crippen molar-refractivity contribution in [3.8, 4) is 22.0 Å². The van der Waals surface area contributed by atoms with Crippen LogP contribution in [0.15, 0.2) is 22.7 Å². The molecule has 0 aliphatic heterocycles. The molecule has 0 bridgehead atoms. The van der Waals surface area contributed by atoms with E-state index in [1.807, 2.05) is 0 Å². The molecule has 0 fully saturated rings. The van der Waals surface area contributed by atoms with Crippen molar-refractivity contribution < 1.29 is 32.0 Å². The van der Waals surface area contributed by atoms with Crippen molar-refractivity contribution in [3.05, 3.63) is 34.7 Å². The summed E-state index contributed by atoms with van der Waals surface area (Å²) >= 11 is 0.985. The van der Waals surface area contributed by atoms with Gasteiger partial charge in [0, 0.05) is 17.5 Å². The first-order valence-electron chi connectivity index (χ1n) is 10.6. The molecule has 0 spiro atoms. The van der Waals surface area contributed by atoms with E-state index in [9.17, 15) is 13.2 Å². The third-order valence-corrected chi connectivity index (χ3v) is 6.39. The zero-order valence-electron chi connectivity index (χ0n) is 18.3. The number of nitrogens with two attached hydrogens (primary N) is 1. The Morgan fingerprint density at radius 1 is 1.18 bits per heavy atom. The molecule has 0 radical (unpaired) electrons. The maximum absolute atomic E-state index is 13.9. The number of aryl methyl sites for hydroxylation is 1. The summed E-state index contributed by atoms with van der Waals surface area (Å²) < 4.78 is 51.4. The molecule has 0 aliphatic rings. The molecule has 4 N–H and O–H groups in total. The number of unbranched alkanes of at least 4 members (excludes halogenated alkanes) is 4. The molecule has 9 nitrogen and oxygen atoms in total. The van der Waals surface area contributed by atoms with Gasteiger partial charge in [0.1, 0.15) is 10.0 Å². The Labute approximate surface area is 199 Å². The number of hydrogen-bond donors (Lipinski definition) is 3. The summed E-state index contributed by atoms with van der Waals surface area (Å²) in [5.41, 5.74) is 4.94. The maximum Gasteiger partial charge on any atom is 0.417 e. The highest BCUT2D eigenvalue weighted by atomic mass is 32.1. The monoisotopic (exact) mass is 519 g/mol. The van der Waals surface area contributed by atoms with Crippen LogP contribution < -0.4 is 5.73 Å². The highest BCUT2D eigenvalue weighted by Gasteiger charge is 2.35. The summed E-state index contributed by atoms with van der Waals surface area (Å²) in [6.07, 6.45) is 1.03. The van der Waals surface area contributed by atoms with Gasteiger partial charge in [-0.15, -0.1) is 10.2 Å². The molecule has 0 saturated heterocycles. The minimum atomic E-state index is -4.66. The minimum absolute atomic E-state index is 0.121. The van der Waals surface area contributed by atoms with Gasteiger partial charge in [-0.3, -0.25) is 0 Å². The third kappa shape index (κ3) is 7.24. The lowest BCUT2D eigenvalue weighted by Gasteiger charge is -2.11. The molecule has 34 heavy (non-hydrogen) atoms. The average molecular weight is 519 g/mol. The molecule has 2 heterocycles. The van der Waals surface area contributed by atoms with Crippen LogP contribution >= 0.6 is 19.9 Å². The van der Waals surface area contributed by atoms with Crippen LogP contribution in [0.3, 0.4) is 0 Å². The third-order valence-electron chi connectivity index (χ3n) is 4.90. The number of aromatic nitrogens is 4. The van der Waals surface area contributed by atoms with Gasteiger partial charge in [0.25, 0.3) is 0 Å². The molecule has 1 unspecified atom stereocenters. The Bertz CT molecular complexity index is 1060. The zero-order valence-corrected chi connectivity index (χ0v) is 20.0. The largest absolute Gasteiger partial charge is 0.417 e. The summed E-state index contributed by atoms with van der Waals surface area (Å²) in [4.78, 5) is 21.8. The van der Waals surface area contributed by atoms with Crippen molar-refractivity contribution in [3.63, 3.8) is 0 Å². The van der Waals surface area contributed by atoms with Gasteiger partial charge in [0.15, 0.2) is 0 Å². The van der Waals surface area contributed by atoms with Crippen LogP contribution in [-0.4, -0.2) is 36.7 Å². The molecule has 2 aromatic heterocycles. The number of hydrogen-bond acceptors (Lipinski definition) is 10. The maximum atomic E-state index is 13.9. The van der Waals surface area contributed by atoms with Gasteiger partial charge in [-0.25, -0.2) is 0 Å². The first-order valence-corrected chi connectivity index (χ1v) is 12.6. The number of nitrogens with zero attached hydrogens (tertiary/aromatic N) is 4. The van der Waals surface area contributed by atoms with Crippen molar-refractivity contribution in [2.75, 3.05) is 6.61 Å². The van der Waals surface area contributed by atoms with Crippen LogP contribution in [0, 0.1) is 0 Å². The SMILES string of the molecule is CCCCCCCc1nc(-c2ccc(-c3nnc(C(N)COP(O)O)s3)cc2C(F)(F)F)no1. The first-order chi connectivity index (χ1) is 16.2. The van der Waals surface area contributed by atoms with Gasteiger partial charge in [-0.05, 0) is 18.6 Å². The fourth-order valence-corrected chi connectivity index (χ4v) is 4.29. The molecule has 0 aliphatic carbocycles. The van der Waals surface area contributed by atoms with Crippen LogP contribution in [0.25, 0.3) is 22.0 Å². The molecule has 14 heteroatoms. The second-order valence-corrected chi connectivity index (χ2v) is 9.31. The van der Waals surface area contributed by atoms with Crippen LogP contribution in [-0.2, 0) is 17.1 Å². The molecule has 3 rings (SSSR count). The second kappa shape index (κ2) is 12.1. The van der Waals surface area contributed by atoms with Gasteiger partial charge in [0.2, 0.25) is 11.7 Å². The smallest absolute Gasteiger partial charge is 0.339 e. The molecule has 1 aromatic carbocycles. The molecule has 0 amide bonds. The zero-order chi connectivity index (χ0) is 24.7. The van der Waals surface area contributed by atoms with E-state index >= 15 is 0 Å². The van der Waals surface area contributed by atoms with Crippen molar-refractivity contribution >= 4 is 19.9 Å². The van der Waals surface area contributed by atoms with Gasteiger partial charge in [-0.1, -0.05) is 55.2 Å². The second-order valence-electron chi connectivity index (χ2n) is 7.53.